The number of hydrogen-bond donors (Lipinski definition) is 2. The zero-order valence-electron chi connectivity index (χ0n) is 14.1. The van der Waals surface area contributed by atoms with Gasteiger partial charge in [0.25, 0.3) is 0 Å². The van der Waals surface area contributed by atoms with Gasteiger partial charge in [0.05, 0.1) is 18.4 Å². The van der Waals surface area contributed by atoms with Gasteiger partial charge in [0, 0.05) is 19.3 Å². The summed E-state index contributed by atoms with van der Waals surface area (Å²) in [7, 11) is 0. The van der Waals surface area contributed by atoms with E-state index in [-0.39, 0.29) is 24.0 Å². The fourth-order valence-corrected chi connectivity index (χ4v) is 1.97. The molecule has 0 amide bonds. The van der Waals surface area contributed by atoms with Gasteiger partial charge in [0.15, 0.2) is 5.96 Å². The van der Waals surface area contributed by atoms with Gasteiger partial charge >= 0.3 is 0 Å². The van der Waals surface area contributed by atoms with Crippen molar-refractivity contribution in [2.24, 2.45) is 4.99 Å². The molecule has 2 rings (SSSR count). The van der Waals surface area contributed by atoms with Gasteiger partial charge in [-0.15, -0.1) is 24.0 Å². The number of hydrogen-bond acceptors (Lipinski definition) is 4. The molecule has 0 aromatic carbocycles. The van der Waals surface area contributed by atoms with Crippen LogP contribution in [-0.4, -0.2) is 33.8 Å². The van der Waals surface area contributed by atoms with E-state index in [0.29, 0.717) is 12.4 Å². The number of oxazole rings is 1. The molecule has 0 aliphatic heterocycles. The highest BCUT2D eigenvalue weighted by molar-refractivity contribution is 14.0. The van der Waals surface area contributed by atoms with Crippen molar-refractivity contribution in [2.45, 2.75) is 40.8 Å². The molecule has 0 saturated heterocycles. The van der Waals surface area contributed by atoms with E-state index in [1.165, 1.54) is 0 Å². The summed E-state index contributed by atoms with van der Waals surface area (Å²) in [6.07, 6.45) is 3.87. The molecule has 0 radical (unpaired) electrons. The van der Waals surface area contributed by atoms with Crippen LogP contribution in [0.1, 0.15) is 29.8 Å². The summed E-state index contributed by atoms with van der Waals surface area (Å²) in [5.41, 5.74) is 2.08. The van der Waals surface area contributed by atoms with E-state index in [2.05, 4.69) is 25.7 Å². The van der Waals surface area contributed by atoms with Gasteiger partial charge < -0.3 is 15.1 Å². The quantitative estimate of drug-likeness (QED) is 0.416. The van der Waals surface area contributed by atoms with Gasteiger partial charge in [-0.1, -0.05) is 0 Å². The van der Waals surface area contributed by atoms with Crippen molar-refractivity contribution in [3.8, 4) is 0 Å². The maximum atomic E-state index is 5.53. The minimum atomic E-state index is 0. The van der Waals surface area contributed by atoms with E-state index >= 15 is 0 Å². The number of halogens is 1. The van der Waals surface area contributed by atoms with Crippen LogP contribution in [0.4, 0.5) is 0 Å². The lowest BCUT2D eigenvalue weighted by Gasteiger charge is -2.10. The normalized spacial score (nSPS) is 11.2. The lowest BCUT2D eigenvalue weighted by atomic mass is 10.4. The van der Waals surface area contributed by atoms with E-state index in [0.717, 1.165) is 42.6 Å². The molecule has 0 spiro atoms. The van der Waals surface area contributed by atoms with Crippen molar-refractivity contribution in [1.82, 2.24) is 25.4 Å². The van der Waals surface area contributed by atoms with Crippen molar-refractivity contribution >= 4 is 29.9 Å². The molecule has 2 N–H and O–H groups in total. The molecule has 0 bridgehead atoms. The van der Waals surface area contributed by atoms with E-state index in [4.69, 9.17) is 4.42 Å². The third-order valence-electron chi connectivity index (χ3n) is 3.19. The molecule has 0 aliphatic carbocycles. The lowest BCUT2D eigenvalue weighted by molar-refractivity contribution is 0.472. The zero-order valence-corrected chi connectivity index (χ0v) is 16.4. The topological polar surface area (TPSA) is 80.3 Å². The summed E-state index contributed by atoms with van der Waals surface area (Å²) in [6, 6.07) is 0. The van der Waals surface area contributed by atoms with Gasteiger partial charge in [-0.2, -0.15) is 5.10 Å². The van der Waals surface area contributed by atoms with Crippen LogP contribution in [0.25, 0.3) is 0 Å². The average molecular weight is 432 g/mol. The van der Waals surface area contributed by atoms with E-state index < -0.39 is 0 Å². The zero-order chi connectivity index (χ0) is 15.9. The van der Waals surface area contributed by atoms with Crippen molar-refractivity contribution < 1.29 is 4.42 Å². The Balaban J connectivity index is 0.00000264. The van der Waals surface area contributed by atoms with Gasteiger partial charge in [-0.3, -0.25) is 4.68 Å². The standard InChI is InChI=1S/C15H24N6O.HI/c1-5-16-15(17-6-7-21-10-11(2)8-19-21)18-9-14-20-12(3)13(4)22-14;/h8,10H,5-7,9H2,1-4H3,(H2,16,17,18);1H. The fraction of sp³-hybridized carbons (Fsp3) is 0.533. The number of guanidine groups is 1. The predicted molar refractivity (Wildman–Crippen MR) is 101 cm³/mol. The minimum Gasteiger partial charge on any atom is -0.444 e. The first-order valence-corrected chi connectivity index (χ1v) is 7.52. The average Bonchev–Trinajstić information content (AvgIpc) is 3.03. The summed E-state index contributed by atoms with van der Waals surface area (Å²) < 4.78 is 7.44. The molecule has 2 aromatic rings. The monoisotopic (exact) mass is 432 g/mol. The molecule has 7 nitrogen and oxygen atoms in total. The molecule has 128 valence electrons. The SMILES string of the molecule is CCNC(=NCc1nc(C)c(C)o1)NCCn1cc(C)cn1.I. The molecular weight excluding hydrogens is 407 g/mol. The predicted octanol–water partition coefficient (Wildman–Crippen LogP) is 2.17. The Morgan fingerprint density at radius 2 is 2.09 bits per heavy atom. The van der Waals surface area contributed by atoms with Crippen LogP contribution in [-0.2, 0) is 13.1 Å². The summed E-state index contributed by atoms with van der Waals surface area (Å²) >= 11 is 0. The maximum Gasteiger partial charge on any atom is 0.216 e. The third-order valence-corrected chi connectivity index (χ3v) is 3.19. The molecule has 0 fully saturated rings. The Morgan fingerprint density at radius 3 is 2.65 bits per heavy atom. The summed E-state index contributed by atoms with van der Waals surface area (Å²) in [6.45, 7) is 10.7. The number of aryl methyl sites for hydroxylation is 3. The number of nitrogens with one attached hydrogen (secondary N) is 2. The molecule has 0 atom stereocenters. The van der Waals surface area contributed by atoms with Crippen molar-refractivity contribution in [3.63, 3.8) is 0 Å². The molecule has 23 heavy (non-hydrogen) atoms. The van der Waals surface area contributed by atoms with Crippen molar-refractivity contribution in [2.75, 3.05) is 13.1 Å². The number of rotatable bonds is 6. The van der Waals surface area contributed by atoms with Crippen molar-refractivity contribution in [1.29, 1.82) is 0 Å². The molecular formula is C15H25IN6O. The Morgan fingerprint density at radius 1 is 1.30 bits per heavy atom. The molecule has 8 heteroatoms. The molecule has 0 aliphatic rings. The number of aromatic nitrogens is 3. The second kappa shape index (κ2) is 9.53. The van der Waals surface area contributed by atoms with E-state index in [1.54, 1.807) is 0 Å². The molecule has 0 saturated carbocycles. The third kappa shape index (κ3) is 6.20. The van der Waals surface area contributed by atoms with Crippen molar-refractivity contribution in [3.05, 3.63) is 35.3 Å². The van der Waals surface area contributed by atoms with Crippen LogP contribution < -0.4 is 10.6 Å². The largest absolute Gasteiger partial charge is 0.444 e. The Hall–Kier alpha value is -1.58. The minimum absolute atomic E-state index is 0. The first-order chi connectivity index (χ1) is 10.6. The van der Waals surface area contributed by atoms with E-state index in [1.807, 2.05) is 44.8 Å². The number of aliphatic imine (C=N–C) groups is 1. The van der Waals surface area contributed by atoms with Crippen LogP contribution in [0.15, 0.2) is 21.8 Å². The van der Waals surface area contributed by atoms with Crippen LogP contribution in [0.3, 0.4) is 0 Å². The fourth-order valence-electron chi connectivity index (χ4n) is 1.97. The Bertz CT molecular complexity index is 614. The highest BCUT2D eigenvalue weighted by Crippen LogP contribution is 2.08. The second-order valence-corrected chi connectivity index (χ2v) is 5.15. The van der Waals surface area contributed by atoms with Crippen LogP contribution in [0, 0.1) is 20.8 Å². The summed E-state index contributed by atoms with van der Waals surface area (Å²) in [5, 5.41) is 10.7. The van der Waals surface area contributed by atoms with Gasteiger partial charge in [-0.05, 0) is 33.3 Å². The highest BCUT2D eigenvalue weighted by atomic mass is 127. The van der Waals surface area contributed by atoms with Crippen LogP contribution >= 0.6 is 24.0 Å². The first-order valence-electron chi connectivity index (χ1n) is 7.52. The highest BCUT2D eigenvalue weighted by Gasteiger charge is 2.05. The molecule has 2 heterocycles. The molecule has 2 aromatic heterocycles. The lowest BCUT2D eigenvalue weighted by Crippen LogP contribution is -2.38. The number of nitrogens with zero attached hydrogens (tertiary/aromatic N) is 4. The Kier molecular flexibility index (Phi) is 8.07. The summed E-state index contributed by atoms with van der Waals surface area (Å²) in [5.74, 6) is 2.23. The van der Waals surface area contributed by atoms with Gasteiger partial charge in [0.2, 0.25) is 5.89 Å². The Labute approximate surface area is 154 Å². The van der Waals surface area contributed by atoms with Crippen LogP contribution in [0.2, 0.25) is 0 Å². The van der Waals surface area contributed by atoms with Gasteiger partial charge in [-0.25, -0.2) is 9.98 Å². The molecule has 0 unspecified atom stereocenters. The second-order valence-electron chi connectivity index (χ2n) is 5.15. The summed E-state index contributed by atoms with van der Waals surface area (Å²) in [4.78, 5) is 8.81. The first kappa shape index (κ1) is 19.5. The van der Waals surface area contributed by atoms with Gasteiger partial charge in [0.1, 0.15) is 12.3 Å². The maximum absolute atomic E-state index is 5.53. The van der Waals surface area contributed by atoms with E-state index in [9.17, 15) is 0 Å². The smallest absolute Gasteiger partial charge is 0.216 e. The van der Waals surface area contributed by atoms with Crippen LogP contribution in [0.5, 0.6) is 0 Å².